The van der Waals surface area contributed by atoms with Gasteiger partial charge in [0, 0.05) is 31.4 Å². The normalized spacial score (nSPS) is 12.4. The maximum Gasteiger partial charge on any atom is 0.222 e. The molecule has 2 aromatic heterocycles. The zero-order valence-electron chi connectivity index (χ0n) is 12.5. The molecule has 2 heterocycles. The van der Waals surface area contributed by atoms with Crippen LogP contribution in [0, 0.1) is 6.92 Å². The van der Waals surface area contributed by atoms with Gasteiger partial charge in [0.2, 0.25) is 5.91 Å². The Bertz CT molecular complexity index is 619. The van der Waals surface area contributed by atoms with Crippen molar-refractivity contribution >= 4 is 21.8 Å². The molecule has 1 amide bonds. The second-order valence-electron chi connectivity index (χ2n) is 4.91. The van der Waals surface area contributed by atoms with E-state index in [0.717, 1.165) is 22.4 Å². The zero-order chi connectivity index (χ0) is 15.4. The number of hydrogen-bond acceptors (Lipinski definition) is 3. The van der Waals surface area contributed by atoms with Gasteiger partial charge < -0.3 is 5.32 Å². The Morgan fingerprint density at radius 1 is 1.43 bits per heavy atom. The van der Waals surface area contributed by atoms with E-state index in [-0.39, 0.29) is 11.9 Å². The SMILES string of the molecule is CCn1nccc1C(C)NC(=O)CCn1ncc(Br)c1C. The molecule has 1 N–H and O–H groups in total. The summed E-state index contributed by atoms with van der Waals surface area (Å²) in [5, 5.41) is 11.4. The van der Waals surface area contributed by atoms with E-state index in [1.54, 1.807) is 12.4 Å². The lowest BCUT2D eigenvalue weighted by Crippen LogP contribution is -2.29. The highest BCUT2D eigenvalue weighted by atomic mass is 79.9. The molecule has 0 radical (unpaired) electrons. The van der Waals surface area contributed by atoms with Gasteiger partial charge in [-0.15, -0.1) is 0 Å². The first-order chi connectivity index (χ1) is 10.0. The van der Waals surface area contributed by atoms with Crippen molar-refractivity contribution in [1.82, 2.24) is 24.9 Å². The topological polar surface area (TPSA) is 64.7 Å². The Balaban J connectivity index is 1.88. The summed E-state index contributed by atoms with van der Waals surface area (Å²) in [6, 6.07) is 1.88. The van der Waals surface area contributed by atoms with Crippen molar-refractivity contribution < 1.29 is 4.79 Å². The van der Waals surface area contributed by atoms with Gasteiger partial charge in [-0.1, -0.05) is 0 Å². The summed E-state index contributed by atoms with van der Waals surface area (Å²) < 4.78 is 4.67. The second kappa shape index (κ2) is 6.89. The molecule has 0 saturated heterocycles. The van der Waals surface area contributed by atoms with E-state index in [2.05, 4.69) is 31.4 Å². The second-order valence-corrected chi connectivity index (χ2v) is 5.77. The Hall–Kier alpha value is -1.63. The Labute approximate surface area is 132 Å². The minimum Gasteiger partial charge on any atom is -0.348 e. The van der Waals surface area contributed by atoms with E-state index in [4.69, 9.17) is 0 Å². The third-order valence-electron chi connectivity index (χ3n) is 3.46. The molecule has 2 rings (SSSR count). The molecule has 0 aliphatic carbocycles. The number of carbonyl (C=O) groups excluding carboxylic acids is 1. The lowest BCUT2D eigenvalue weighted by Gasteiger charge is -2.15. The molecule has 0 saturated carbocycles. The van der Waals surface area contributed by atoms with Gasteiger partial charge in [-0.2, -0.15) is 10.2 Å². The number of carbonyl (C=O) groups is 1. The van der Waals surface area contributed by atoms with Crippen molar-refractivity contribution in [3.8, 4) is 0 Å². The van der Waals surface area contributed by atoms with E-state index in [1.807, 2.05) is 36.2 Å². The quantitative estimate of drug-likeness (QED) is 0.867. The Morgan fingerprint density at radius 2 is 2.19 bits per heavy atom. The number of hydrogen-bond donors (Lipinski definition) is 1. The summed E-state index contributed by atoms with van der Waals surface area (Å²) in [5.41, 5.74) is 2.05. The predicted octanol–water partition coefficient (Wildman–Crippen LogP) is 2.44. The van der Waals surface area contributed by atoms with Crippen LogP contribution in [0.5, 0.6) is 0 Å². The molecule has 1 atom stereocenters. The average molecular weight is 354 g/mol. The van der Waals surface area contributed by atoms with Crippen molar-refractivity contribution in [3.05, 3.63) is 34.3 Å². The molecule has 21 heavy (non-hydrogen) atoms. The Morgan fingerprint density at radius 3 is 2.81 bits per heavy atom. The highest BCUT2D eigenvalue weighted by Gasteiger charge is 2.14. The van der Waals surface area contributed by atoms with Crippen LogP contribution in [0.25, 0.3) is 0 Å². The molecule has 114 valence electrons. The molecule has 0 bridgehead atoms. The van der Waals surface area contributed by atoms with Gasteiger partial charge in [-0.3, -0.25) is 14.2 Å². The van der Waals surface area contributed by atoms with Crippen LogP contribution in [0.3, 0.4) is 0 Å². The maximum atomic E-state index is 12.0. The Kier molecular flexibility index (Phi) is 5.17. The molecule has 0 aliphatic rings. The summed E-state index contributed by atoms with van der Waals surface area (Å²) in [6.07, 6.45) is 3.90. The fourth-order valence-electron chi connectivity index (χ4n) is 2.22. The molecule has 0 fully saturated rings. The zero-order valence-corrected chi connectivity index (χ0v) is 14.1. The first kappa shape index (κ1) is 15.8. The van der Waals surface area contributed by atoms with Crippen LogP contribution in [0.2, 0.25) is 0 Å². The summed E-state index contributed by atoms with van der Waals surface area (Å²) in [7, 11) is 0. The summed E-state index contributed by atoms with van der Waals surface area (Å²) in [6.45, 7) is 7.34. The average Bonchev–Trinajstić information content (AvgIpc) is 3.05. The van der Waals surface area contributed by atoms with Gasteiger partial charge in [0.1, 0.15) is 0 Å². The highest BCUT2D eigenvalue weighted by molar-refractivity contribution is 9.10. The van der Waals surface area contributed by atoms with Gasteiger partial charge in [0.05, 0.1) is 22.4 Å². The summed E-state index contributed by atoms with van der Waals surface area (Å²) >= 11 is 3.41. The van der Waals surface area contributed by atoms with Crippen LogP contribution in [0.4, 0.5) is 0 Å². The van der Waals surface area contributed by atoms with Crippen molar-refractivity contribution in [2.45, 2.75) is 46.3 Å². The van der Waals surface area contributed by atoms with E-state index < -0.39 is 0 Å². The largest absolute Gasteiger partial charge is 0.348 e. The standard InChI is InChI=1S/C14H20BrN5O/c1-4-19-13(5-7-16-19)10(2)18-14(21)6-8-20-11(3)12(15)9-17-20/h5,7,9-10H,4,6,8H2,1-3H3,(H,18,21). The third kappa shape index (κ3) is 3.72. The minimum atomic E-state index is -0.0506. The van der Waals surface area contributed by atoms with E-state index in [1.165, 1.54) is 0 Å². The molecule has 7 heteroatoms. The third-order valence-corrected chi connectivity index (χ3v) is 4.24. The van der Waals surface area contributed by atoms with Crippen LogP contribution in [-0.2, 0) is 17.9 Å². The monoisotopic (exact) mass is 353 g/mol. The van der Waals surface area contributed by atoms with Gasteiger partial charge in [-0.05, 0) is 42.8 Å². The number of aromatic nitrogens is 4. The van der Waals surface area contributed by atoms with Gasteiger partial charge in [0.15, 0.2) is 0 Å². The number of nitrogens with zero attached hydrogens (tertiary/aromatic N) is 4. The van der Waals surface area contributed by atoms with Crippen LogP contribution in [-0.4, -0.2) is 25.5 Å². The lowest BCUT2D eigenvalue weighted by molar-refractivity contribution is -0.122. The lowest BCUT2D eigenvalue weighted by atomic mass is 10.2. The first-order valence-electron chi connectivity index (χ1n) is 7.02. The van der Waals surface area contributed by atoms with Crippen molar-refractivity contribution in [1.29, 1.82) is 0 Å². The van der Waals surface area contributed by atoms with Crippen molar-refractivity contribution in [2.75, 3.05) is 0 Å². The molecule has 0 aromatic carbocycles. The minimum absolute atomic E-state index is 0.0115. The highest BCUT2D eigenvalue weighted by Crippen LogP contribution is 2.15. The first-order valence-corrected chi connectivity index (χ1v) is 7.81. The molecular formula is C14H20BrN5O. The van der Waals surface area contributed by atoms with Crippen LogP contribution >= 0.6 is 15.9 Å². The molecular weight excluding hydrogens is 334 g/mol. The van der Waals surface area contributed by atoms with Crippen LogP contribution in [0.15, 0.2) is 22.9 Å². The van der Waals surface area contributed by atoms with Gasteiger partial charge in [0.25, 0.3) is 0 Å². The van der Waals surface area contributed by atoms with Gasteiger partial charge >= 0.3 is 0 Å². The molecule has 2 aromatic rings. The number of halogens is 1. The summed E-state index contributed by atoms with van der Waals surface area (Å²) in [5.74, 6) is 0.0115. The number of rotatable bonds is 6. The van der Waals surface area contributed by atoms with Crippen LogP contribution in [0.1, 0.15) is 37.7 Å². The predicted molar refractivity (Wildman–Crippen MR) is 83.7 cm³/mol. The van der Waals surface area contributed by atoms with E-state index in [9.17, 15) is 4.79 Å². The fraction of sp³-hybridized carbons (Fsp3) is 0.500. The van der Waals surface area contributed by atoms with Crippen LogP contribution < -0.4 is 5.32 Å². The number of amides is 1. The molecule has 6 nitrogen and oxygen atoms in total. The maximum absolute atomic E-state index is 12.0. The van der Waals surface area contributed by atoms with Gasteiger partial charge in [-0.25, -0.2) is 0 Å². The molecule has 0 spiro atoms. The molecule has 0 aliphatic heterocycles. The molecule has 1 unspecified atom stereocenters. The van der Waals surface area contributed by atoms with Crippen molar-refractivity contribution in [3.63, 3.8) is 0 Å². The van der Waals surface area contributed by atoms with Crippen molar-refractivity contribution in [2.24, 2.45) is 0 Å². The van der Waals surface area contributed by atoms with E-state index in [0.29, 0.717) is 13.0 Å². The number of nitrogens with one attached hydrogen (secondary N) is 1. The summed E-state index contributed by atoms with van der Waals surface area (Å²) in [4.78, 5) is 12.0. The van der Waals surface area contributed by atoms with E-state index >= 15 is 0 Å². The fourth-order valence-corrected chi connectivity index (χ4v) is 2.52. The smallest absolute Gasteiger partial charge is 0.222 e. The number of aryl methyl sites for hydroxylation is 2.